The van der Waals surface area contributed by atoms with E-state index in [1.807, 2.05) is 24.3 Å². The van der Waals surface area contributed by atoms with Gasteiger partial charge in [0.2, 0.25) is 0 Å². The third-order valence-electron chi connectivity index (χ3n) is 7.47. The van der Waals surface area contributed by atoms with Gasteiger partial charge in [-0.1, -0.05) is 32.9 Å². The van der Waals surface area contributed by atoms with Gasteiger partial charge in [0.25, 0.3) is 0 Å². The van der Waals surface area contributed by atoms with E-state index in [0.29, 0.717) is 50.4 Å². The molecular formula is C27H38N8O5. The number of hydrogen-bond acceptors (Lipinski definition) is 10. The normalized spacial score (nSPS) is 23.4. The lowest BCUT2D eigenvalue weighted by molar-refractivity contribution is -0.0944. The smallest absolute Gasteiger partial charge is 0.319 e. The summed E-state index contributed by atoms with van der Waals surface area (Å²) in [4.78, 5) is 27.0. The molecule has 216 valence electrons. The highest BCUT2D eigenvalue weighted by molar-refractivity contribution is 5.89. The van der Waals surface area contributed by atoms with Crippen LogP contribution in [0.25, 0.3) is 11.2 Å². The predicted octanol–water partition coefficient (Wildman–Crippen LogP) is 1.24. The molecule has 2 fully saturated rings. The number of ether oxygens (including phenoxy) is 2. The summed E-state index contributed by atoms with van der Waals surface area (Å²) in [5.74, 6) is 0.227. The molecule has 0 spiro atoms. The van der Waals surface area contributed by atoms with E-state index >= 15 is 0 Å². The number of aromatic nitrogens is 4. The number of rotatable bonds is 9. The van der Waals surface area contributed by atoms with Crippen molar-refractivity contribution >= 4 is 28.7 Å². The first-order valence-electron chi connectivity index (χ1n) is 13.5. The summed E-state index contributed by atoms with van der Waals surface area (Å²) in [7, 11) is 0. The van der Waals surface area contributed by atoms with Crippen molar-refractivity contribution in [3.63, 3.8) is 0 Å². The van der Waals surface area contributed by atoms with Crippen molar-refractivity contribution in [1.29, 1.82) is 0 Å². The Balaban J connectivity index is 1.13. The van der Waals surface area contributed by atoms with E-state index in [2.05, 4.69) is 51.3 Å². The molecule has 2 amide bonds. The van der Waals surface area contributed by atoms with Crippen LogP contribution < -0.4 is 16.4 Å². The van der Waals surface area contributed by atoms with Gasteiger partial charge in [-0.05, 0) is 29.5 Å². The summed E-state index contributed by atoms with van der Waals surface area (Å²) in [6.45, 7) is 9.11. The summed E-state index contributed by atoms with van der Waals surface area (Å²) in [5.41, 5.74) is 8.69. The number of nitrogen functional groups attached to an aromatic ring is 1. The number of nitrogens with zero attached hydrogens (tertiary/aromatic N) is 5. The minimum atomic E-state index is -1.18. The molecule has 4 unspecified atom stereocenters. The molecule has 6 N–H and O–H groups in total. The van der Waals surface area contributed by atoms with Gasteiger partial charge >= 0.3 is 6.03 Å². The number of aliphatic hydroxyl groups excluding tert-OH is 2. The van der Waals surface area contributed by atoms with E-state index in [9.17, 15) is 15.0 Å². The highest BCUT2D eigenvalue weighted by atomic mass is 16.6. The molecule has 1 aromatic carbocycles. The fourth-order valence-electron chi connectivity index (χ4n) is 4.97. The van der Waals surface area contributed by atoms with Crippen LogP contribution in [0.1, 0.15) is 39.0 Å². The molecule has 40 heavy (non-hydrogen) atoms. The molecule has 2 aliphatic rings. The van der Waals surface area contributed by atoms with Crippen LogP contribution in [0.5, 0.6) is 0 Å². The van der Waals surface area contributed by atoms with Crippen LogP contribution in [-0.4, -0.2) is 97.9 Å². The predicted molar refractivity (Wildman–Crippen MR) is 149 cm³/mol. The number of amides is 2. The number of carbonyl (C=O) groups is 1. The molecule has 5 rings (SSSR count). The number of benzene rings is 1. The van der Waals surface area contributed by atoms with Crippen LogP contribution >= 0.6 is 0 Å². The average molecular weight is 555 g/mol. The van der Waals surface area contributed by atoms with E-state index in [1.165, 1.54) is 18.2 Å². The molecule has 13 nitrogen and oxygen atoms in total. The number of fused-ring (bicyclic) bond motifs is 1. The number of aliphatic hydroxyl groups is 2. The van der Waals surface area contributed by atoms with Gasteiger partial charge < -0.3 is 36.1 Å². The second-order valence-corrected chi connectivity index (χ2v) is 11.4. The maximum atomic E-state index is 12.4. The molecule has 13 heteroatoms. The lowest BCUT2D eigenvalue weighted by Crippen LogP contribution is -2.53. The van der Waals surface area contributed by atoms with Crippen molar-refractivity contribution in [3.05, 3.63) is 42.5 Å². The van der Waals surface area contributed by atoms with E-state index < -0.39 is 24.5 Å². The van der Waals surface area contributed by atoms with Crippen molar-refractivity contribution < 1.29 is 24.5 Å². The molecule has 2 aromatic heterocycles. The van der Waals surface area contributed by atoms with Gasteiger partial charge in [-0.15, -0.1) is 0 Å². The molecule has 0 aliphatic carbocycles. The zero-order valence-corrected chi connectivity index (χ0v) is 23.0. The second-order valence-electron chi connectivity index (χ2n) is 11.4. The van der Waals surface area contributed by atoms with Crippen molar-refractivity contribution in [3.8, 4) is 0 Å². The average Bonchev–Trinajstić information content (AvgIpc) is 3.42. The fourth-order valence-corrected chi connectivity index (χ4v) is 4.97. The molecular weight excluding hydrogens is 516 g/mol. The maximum absolute atomic E-state index is 12.4. The molecule has 0 saturated carbocycles. The zero-order chi connectivity index (χ0) is 28.4. The topological polar surface area (TPSA) is 173 Å². The van der Waals surface area contributed by atoms with E-state index in [4.69, 9.17) is 15.2 Å². The largest absolute Gasteiger partial charge is 0.387 e. The van der Waals surface area contributed by atoms with Crippen molar-refractivity contribution in [2.24, 2.45) is 0 Å². The Bertz CT molecular complexity index is 1310. The molecule has 4 heterocycles. The van der Waals surface area contributed by atoms with Gasteiger partial charge in [-0.2, -0.15) is 0 Å². The summed E-state index contributed by atoms with van der Waals surface area (Å²) >= 11 is 0. The third-order valence-corrected chi connectivity index (χ3v) is 7.47. The molecule has 4 atom stereocenters. The van der Waals surface area contributed by atoms with Crippen LogP contribution in [-0.2, 0) is 14.9 Å². The Hall–Kier alpha value is -3.36. The van der Waals surface area contributed by atoms with E-state index in [1.54, 1.807) is 4.57 Å². The highest BCUT2D eigenvalue weighted by Crippen LogP contribution is 2.33. The molecule has 2 saturated heterocycles. The van der Waals surface area contributed by atoms with Gasteiger partial charge in [0.05, 0.1) is 25.6 Å². The quantitative estimate of drug-likeness (QED) is 0.242. The summed E-state index contributed by atoms with van der Waals surface area (Å²) < 4.78 is 13.1. The number of urea groups is 1. The first-order chi connectivity index (χ1) is 19.1. The Labute approximate surface area is 232 Å². The van der Waals surface area contributed by atoms with Crippen molar-refractivity contribution in [1.82, 2.24) is 29.7 Å². The standard InChI is InChI=1S/C27H38N8O5/c1-27(2,3)16-5-7-17(8-6-16)33-26(38)29-9-4-10-34(18-12-39-13-18)11-19-21(36)22(37)25(40-19)35-15-32-20-23(28)30-14-31-24(20)35/h5-8,14-15,18-19,21-22,25,36-37H,4,9-13H2,1-3H3,(H2,28,30,31)(H2,29,33,38). The van der Waals surface area contributed by atoms with Crippen molar-refractivity contribution in [2.45, 2.75) is 63.2 Å². The van der Waals surface area contributed by atoms with Gasteiger partial charge in [0.1, 0.15) is 30.2 Å². The monoisotopic (exact) mass is 554 g/mol. The lowest BCUT2D eigenvalue weighted by atomic mass is 9.87. The Morgan fingerprint density at radius 3 is 2.58 bits per heavy atom. The Morgan fingerprint density at radius 1 is 1.15 bits per heavy atom. The van der Waals surface area contributed by atoms with Crippen LogP contribution in [0.2, 0.25) is 0 Å². The lowest BCUT2D eigenvalue weighted by Gasteiger charge is -2.38. The number of anilines is 2. The Morgan fingerprint density at radius 2 is 1.90 bits per heavy atom. The number of nitrogens with one attached hydrogen (secondary N) is 2. The van der Waals surface area contributed by atoms with Gasteiger partial charge in [0.15, 0.2) is 17.7 Å². The number of imidazole rings is 1. The van der Waals surface area contributed by atoms with E-state index in [0.717, 1.165) is 5.69 Å². The molecule has 3 aromatic rings. The van der Waals surface area contributed by atoms with Crippen LogP contribution in [0.4, 0.5) is 16.3 Å². The van der Waals surface area contributed by atoms with Crippen LogP contribution in [0.3, 0.4) is 0 Å². The number of carbonyl (C=O) groups excluding carboxylic acids is 1. The van der Waals surface area contributed by atoms with Crippen LogP contribution in [0, 0.1) is 0 Å². The van der Waals surface area contributed by atoms with E-state index in [-0.39, 0.29) is 23.3 Å². The number of hydrogen-bond donors (Lipinski definition) is 5. The van der Waals surface area contributed by atoms with Crippen molar-refractivity contribution in [2.75, 3.05) is 43.9 Å². The maximum Gasteiger partial charge on any atom is 0.319 e. The van der Waals surface area contributed by atoms with Gasteiger partial charge in [-0.25, -0.2) is 19.7 Å². The second kappa shape index (κ2) is 11.6. The minimum absolute atomic E-state index is 0.0497. The highest BCUT2D eigenvalue weighted by Gasteiger charge is 2.45. The van der Waals surface area contributed by atoms with Gasteiger partial charge in [0, 0.05) is 25.3 Å². The Kier molecular flexibility index (Phi) is 8.19. The first-order valence-corrected chi connectivity index (χ1v) is 13.5. The molecule has 2 aliphatic heterocycles. The summed E-state index contributed by atoms with van der Waals surface area (Å²) in [5, 5.41) is 27.4. The third kappa shape index (κ3) is 6.03. The molecule has 0 radical (unpaired) electrons. The fraction of sp³-hybridized carbons (Fsp3) is 0.556. The first kappa shape index (κ1) is 28.2. The summed E-state index contributed by atoms with van der Waals surface area (Å²) in [6, 6.07) is 7.76. The zero-order valence-electron chi connectivity index (χ0n) is 23.0. The number of nitrogens with two attached hydrogens (primary N) is 1. The minimum Gasteiger partial charge on any atom is -0.387 e. The SMILES string of the molecule is CC(C)(C)c1ccc(NC(=O)NCCCN(CC2OC(n3cnc4c(N)ncnc43)C(O)C2O)C2COC2)cc1. The van der Waals surface area contributed by atoms with Crippen LogP contribution in [0.15, 0.2) is 36.9 Å². The summed E-state index contributed by atoms with van der Waals surface area (Å²) in [6.07, 6.45) is -0.332. The molecule has 0 bridgehead atoms. The van der Waals surface area contributed by atoms with Gasteiger partial charge in [-0.3, -0.25) is 9.47 Å².